The summed E-state index contributed by atoms with van der Waals surface area (Å²) in [5, 5.41) is 13.2. The molecule has 78 valence electrons. The molecular formula is C11H18N2O. The standard InChI is InChI=1S/C11H18N2O/c1-4-12-8-11(3,14)10-6-5-9(2)13-7-10/h5-7,12,14H,4,8H2,1-3H3. The number of hydrogen-bond acceptors (Lipinski definition) is 3. The Kier molecular flexibility index (Phi) is 3.61. The van der Waals surface area contributed by atoms with Gasteiger partial charge in [-0.15, -0.1) is 0 Å². The molecule has 3 heteroatoms. The molecule has 1 heterocycles. The Morgan fingerprint density at radius 1 is 1.50 bits per heavy atom. The predicted octanol–water partition coefficient (Wildman–Crippen LogP) is 1.21. The Morgan fingerprint density at radius 2 is 2.21 bits per heavy atom. The molecule has 2 N–H and O–H groups in total. The molecule has 0 saturated carbocycles. The van der Waals surface area contributed by atoms with Crippen LogP contribution in [0.2, 0.25) is 0 Å². The van der Waals surface area contributed by atoms with Crippen molar-refractivity contribution in [1.29, 1.82) is 0 Å². The molecule has 0 saturated heterocycles. The van der Waals surface area contributed by atoms with Crippen LogP contribution in [0.15, 0.2) is 18.3 Å². The molecule has 0 spiro atoms. The highest BCUT2D eigenvalue weighted by molar-refractivity contribution is 5.20. The Hall–Kier alpha value is -0.930. The van der Waals surface area contributed by atoms with Crippen molar-refractivity contribution in [3.63, 3.8) is 0 Å². The topological polar surface area (TPSA) is 45.1 Å². The Morgan fingerprint density at radius 3 is 2.71 bits per heavy atom. The van der Waals surface area contributed by atoms with Crippen LogP contribution in [0.4, 0.5) is 0 Å². The summed E-state index contributed by atoms with van der Waals surface area (Å²) in [5.74, 6) is 0. The van der Waals surface area contributed by atoms with Crippen LogP contribution in [-0.4, -0.2) is 23.2 Å². The number of nitrogens with one attached hydrogen (secondary N) is 1. The predicted molar refractivity (Wildman–Crippen MR) is 57.1 cm³/mol. The minimum absolute atomic E-state index is 0.550. The lowest BCUT2D eigenvalue weighted by molar-refractivity contribution is 0.0572. The smallest absolute Gasteiger partial charge is 0.101 e. The molecule has 1 atom stereocenters. The molecule has 1 aromatic rings. The van der Waals surface area contributed by atoms with Gasteiger partial charge in [0.25, 0.3) is 0 Å². The summed E-state index contributed by atoms with van der Waals surface area (Å²) in [6.45, 7) is 7.15. The molecular weight excluding hydrogens is 176 g/mol. The van der Waals surface area contributed by atoms with E-state index in [9.17, 15) is 5.11 Å². The van der Waals surface area contributed by atoms with Gasteiger partial charge >= 0.3 is 0 Å². The fraction of sp³-hybridized carbons (Fsp3) is 0.545. The monoisotopic (exact) mass is 194 g/mol. The zero-order valence-electron chi connectivity index (χ0n) is 9.04. The second kappa shape index (κ2) is 4.53. The van der Waals surface area contributed by atoms with Gasteiger partial charge in [0.05, 0.1) is 0 Å². The molecule has 0 bridgehead atoms. The number of nitrogens with zero attached hydrogens (tertiary/aromatic N) is 1. The summed E-state index contributed by atoms with van der Waals surface area (Å²) >= 11 is 0. The van der Waals surface area contributed by atoms with Gasteiger partial charge in [0.15, 0.2) is 0 Å². The average Bonchev–Trinajstić information content (AvgIpc) is 2.16. The minimum Gasteiger partial charge on any atom is -0.384 e. The van der Waals surface area contributed by atoms with Crippen LogP contribution in [0.1, 0.15) is 25.1 Å². The van der Waals surface area contributed by atoms with Crippen LogP contribution >= 0.6 is 0 Å². The highest BCUT2D eigenvalue weighted by atomic mass is 16.3. The maximum Gasteiger partial charge on any atom is 0.101 e. The Labute approximate surface area is 85.2 Å². The van der Waals surface area contributed by atoms with Crippen molar-refractivity contribution in [2.75, 3.05) is 13.1 Å². The van der Waals surface area contributed by atoms with Crippen molar-refractivity contribution in [3.8, 4) is 0 Å². The highest BCUT2D eigenvalue weighted by Crippen LogP contribution is 2.18. The maximum atomic E-state index is 10.1. The van der Waals surface area contributed by atoms with Gasteiger partial charge < -0.3 is 10.4 Å². The fourth-order valence-corrected chi connectivity index (χ4v) is 1.26. The molecule has 0 aliphatic carbocycles. The van der Waals surface area contributed by atoms with E-state index in [0.717, 1.165) is 17.8 Å². The summed E-state index contributed by atoms with van der Waals surface area (Å²) in [6.07, 6.45) is 1.73. The molecule has 0 aliphatic rings. The lowest BCUT2D eigenvalue weighted by Gasteiger charge is -2.23. The van der Waals surface area contributed by atoms with E-state index in [2.05, 4.69) is 10.3 Å². The van der Waals surface area contributed by atoms with E-state index in [1.807, 2.05) is 26.0 Å². The van der Waals surface area contributed by atoms with Gasteiger partial charge in [0, 0.05) is 24.0 Å². The fourth-order valence-electron chi connectivity index (χ4n) is 1.26. The minimum atomic E-state index is -0.837. The molecule has 0 aromatic carbocycles. The molecule has 1 unspecified atom stereocenters. The van der Waals surface area contributed by atoms with E-state index >= 15 is 0 Å². The lowest BCUT2D eigenvalue weighted by atomic mass is 9.97. The third-order valence-corrected chi connectivity index (χ3v) is 2.25. The molecule has 3 nitrogen and oxygen atoms in total. The first-order valence-corrected chi connectivity index (χ1v) is 4.92. The van der Waals surface area contributed by atoms with Gasteiger partial charge in [-0.3, -0.25) is 4.98 Å². The molecule has 1 rings (SSSR count). The molecule has 1 aromatic heterocycles. The largest absolute Gasteiger partial charge is 0.384 e. The molecule has 0 aliphatic heterocycles. The summed E-state index contributed by atoms with van der Waals surface area (Å²) in [5.41, 5.74) is 0.980. The first-order chi connectivity index (χ1) is 6.56. The number of aromatic nitrogens is 1. The number of pyridine rings is 1. The normalized spacial score (nSPS) is 15.1. The van der Waals surface area contributed by atoms with Gasteiger partial charge in [-0.2, -0.15) is 0 Å². The Bertz CT molecular complexity index is 280. The third-order valence-electron chi connectivity index (χ3n) is 2.25. The summed E-state index contributed by atoms with van der Waals surface area (Å²) in [7, 11) is 0. The number of aliphatic hydroxyl groups is 1. The van der Waals surface area contributed by atoms with Gasteiger partial charge in [0.2, 0.25) is 0 Å². The van der Waals surface area contributed by atoms with Crippen LogP contribution in [0.25, 0.3) is 0 Å². The number of hydrogen-bond donors (Lipinski definition) is 2. The number of aryl methyl sites for hydroxylation is 1. The van der Waals surface area contributed by atoms with Gasteiger partial charge in [-0.25, -0.2) is 0 Å². The van der Waals surface area contributed by atoms with Crippen molar-refractivity contribution in [3.05, 3.63) is 29.6 Å². The van der Waals surface area contributed by atoms with Crippen LogP contribution < -0.4 is 5.32 Å². The van der Waals surface area contributed by atoms with Crippen LogP contribution in [0, 0.1) is 6.92 Å². The van der Waals surface area contributed by atoms with E-state index in [4.69, 9.17) is 0 Å². The summed E-state index contributed by atoms with van der Waals surface area (Å²) in [6, 6.07) is 3.83. The van der Waals surface area contributed by atoms with Crippen LogP contribution in [0.3, 0.4) is 0 Å². The van der Waals surface area contributed by atoms with E-state index < -0.39 is 5.60 Å². The van der Waals surface area contributed by atoms with Crippen molar-refractivity contribution >= 4 is 0 Å². The van der Waals surface area contributed by atoms with Crippen LogP contribution in [-0.2, 0) is 5.60 Å². The average molecular weight is 194 g/mol. The van der Waals surface area contributed by atoms with Gasteiger partial charge in [0.1, 0.15) is 5.60 Å². The second-order valence-corrected chi connectivity index (χ2v) is 3.74. The first kappa shape index (κ1) is 11.1. The molecule has 0 amide bonds. The van der Waals surface area contributed by atoms with E-state index in [1.54, 1.807) is 13.1 Å². The van der Waals surface area contributed by atoms with Crippen molar-refractivity contribution < 1.29 is 5.11 Å². The third kappa shape index (κ3) is 2.79. The summed E-state index contributed by atoms with van der Waals surface area (Å²) in [4.78, 5) is 4.17. The maximum absolute atomic E-state index is 10.1. The number of likely N-dealkylation sites (N-methyl/N-ethyl adjacent to an activating group) is 1. The molecule has 0 radical (unpaired) electrons. The SMILES string of the molecule is CCNCC(C)(O)c1ccc(C)nc1. The highest BCUT2D eigenvalue weighted by Gasteiger charge is 2.22. The van der Waals surface area contributed by atoms with Gasteiger partial charge in [-0.1, -0.05) is 13.0 Å². The number of rotatable bonds is 4. The van der Waals surface area contributed by atoms with E-state index in [1.165, 1.54) is 0 Å². The van der Waals surface area contributed by atoms with Crippen molar-refractivity contribution in [2.45, 2.75) is 26.4 Å². The van der Waals surface area contributed by atoms with Gasteiger partial charge in [-0.05, 0) is 26.5 Å². The van der Waals surface area contributed by atoms with Crippen molar-refractivity contribution in [2.24, 2.45) is 0 Å². The molecule has 0 fully saturated rings. The lowest BCUT2D eigenvalue weighted by Crippen LogP contribution is -2.35. The van der Waals surface area contributed by atoms with Crippen LogP contribution in [0.5, 0.6) is 0 Å². The quantitative estimate of drug-likeness (QED) is 0.757. The van der Waals surface area contributed by atoms with E-state index in [0.29, 0.717) is 6.54 Å². The van der Waals surface area contributed by atoms with Crippen molar-refractivity contribution in [1.82, 2.24) is 10.3 Å². The zero-order chi connectivity index (χ0) is 10.6. The first-order valence-electron chi connectivity index (χ1n) is 4.92. The van der Waals surface area contributed by atoms with E-state index in [-0.39, 0.29) is 0 Å². The molecule has 14 heavy (non-hydrogen) atoms. The second-order valence-electron chi connectivity index (χ2n) is 3.74. The summed E-state index contributed by atoms with van der Waals surface area (Å²) < 4.78 is 0. The Balaban J connectivity index is 2.75. The zero-order valence-corrected chi connectivity index (χ0v) is 9.04.